The van der Waals surface area contributed by atoms with Crippen molar-refractivity contribution in [2.75, 3.05) is 23.0 Å². The first kappa shape index (κ1) is 28.6. The second-order valence-corrected chi connectivity index (χ2v) is 10.4. The molecule has 4 nitrogen and oxygen atoms in total. The van der Waals surface area contributed by atoms with Crippen molar-refractivity contribution < 1.29 is 9.47 Å². The quantitative estimate of drug-likeness (QED) is 0.128. The van der Waals surface area contributed by atoms with E-state index in [1.807, 2.05) is 48.5 Å². The van der Waals surface area contributed by atoms with E-state index in [1.54, 1.807) is 0 Å². The Morgan fingerprint density at radius 3 is 0.818 bits per heavy atom. The van der Waals surface area contributed by atoms with Gasteiger partial charge in [0, 0.05) is 34.1 Å². The van der Waals surface area contributed by atoms with Crippen LogP contribution in [0.3, 0.4) is 0 Å². The molecule has 0 aromatic heterocycles. The predicted molar refractivity (Wildman–Crippen MR) is 182 cm³/mol. The molecule has 0 aliphatic carbocycles. The molecule has 0 fully saturated rings. The Balaban J connectivity index is 0.989. The number of hydrogen-bond donors (Lipinski definition) is 0. The molecule has 0 saturated heterocycles. The van der Waals surface area contributed by atoms with Gasteiger partial charge in [0.25, 0.3) is 0 Å². The van der Waals surface area contributed by atoms with Gasteiger partial charge in [0.15, 0.2) is 0 Å². The van der Waals surface area contributed by atoms with E-state index in [2.05, 4.69) is 131 Å². The van der Waals surface area contributed by atoms with Crippen LogP contribution in [0.15, 0.2) is 170 Å². The Hall–Kier alpha value is -5.48. The molecule has 0 saturated carbocycles. The van der Waals surface area contributed by atoms with Crippen LogP contribution in [-0.4, -0.2) is 13.2 Å². The number of hydrogen-bond acceptors (Lipinski definition) is 4. The summed E-state index contributed by atoms with van der Waals surface area (Å²) in [6.45, 7) is 1.29. The fourth-order valence-electron chi connectivity index (χ4n) is 5.17. The van der Waals surface area contributed by atoms with Crippen molar-refractivity contribution in [2.24, 2.45) is 0 Å². The summed E-state index contributed by atoms with van der Waals surface area (Å²) in [4.78, 5) is 4.49. The molecule has 0 heterocycles. The predicted octanol–water partition coefficient (Wildman–Crippen LogP) is 10.9. The second kappa shape index (κ2) is 14.6. The maximum Gasteiger partial charge on any atom is 0.119 e. The summed E-state index contributed by atoms with van der Waals surface area (Å²) in [6.07, 6.45) is 1.82. The van der Waals surface area contributed by atoms with Gasteiger partial charge in [-0.25, -0.2) is 0 Å². The second-order valence-electron chi connectivity index (χ2n) is 10.4. The standard InChI is InChI=1S/C40H36N2O2/c1-5-15-33(16-6-1)41(34-17-7-2-8-18-34)37-23-27-39(28-24-37)43-31-13-14-32-44-40-29-25-38(26-30-40)42(35-19-9-3-10-20-35)36-21-11-4-12-22-36/h1-12,15-30H,13-14,31-32H2. The Bertz CT molecular complexity index is 1470. The van der Waals surface area contributed by atoms with Crippen LogP contribution in [0.25, 0.3) is 0 Å². The minimum atomic E-state index is 0.645. The first-order valence-electron chi connectivity index (χ1n) is 15.1. The minimum absolute atomic E-state index is 0.645. The van der Waals surface area contributed by atoms with Gasteiger partial charge in [0.1, 0.15) is 11.5 Å². The van der Waals surface area contributed by atoms with Crippen LogP contribution >= 0.6 is 0 Å². The first-order chi connectivity index (χ1) is 21.8. The zero-order valence-corrected chi connectivity index (χ0v) is 24.7. The highest BCUT2D eigenvalue weighted by molar-refractivity contribution is 5.77. The molecule has 0 atom stereocenters. The smallest absolute Gasteiger partial charge is 0.119 e. The van der Waals surface area contributed by atoms with Crippen LogP contribution < -0.4 is 19.3 Å². The summed E-state index contributed by atoms with van der Waals surface area (Å²) in [7, 11) is 0. The van der Waals surface area contributed by atoms with E-state index in [9.17, 15) is 0 Å². The highest BCUT2D eigenvalue weighted by Gasteiger charge is 2.13. The Morgan fingerprint density at radius 2 is 0.545 bits per heavy atom. The molecule has 0 spiro atoms. The summed E-state index contributed by atoms with van der Waals surface area (Å²) in [5, 5.41) is 0. The average molecular weight is 577 g/mol. The molecule has 4 heteroatoms. The van der Waals surface area contributed by atoms with Crippen molar-refractivity contribution in [3.8, 4) is 11.5 Å². The summed E-state index contributed by atoms with van der Waals surface area (Å²) in [5.74, 6) is 1.74. The number of ether oxygens (including phenoxy) is 2. The molecule has 218 valence electrons. The number of unbranched alkanes of at least 4 members (excludes halogenated alkanes) is 1. The van der Waals surface area contributed by atoms with Crippen LogP contribution in [0.1, 0.15) is 12.8 Å². The fraction of sp³-hybridized carbons (Fsp3) is 0.100. The largest absolute Gasteiger partial charge is 0.494 e. The third-order valence-electron chi connectivity index (χ3n) is 7.32. The monoisotopic (exact) mass is 576 g/mol. The average Bonchev–Trinajstić information content (AvgIpc) is 3.10. The number of benzene rings is 6. The lowest BCUT2D eigenvalue weighted by Gasteiger charge is -2.25. The van der Waals surface area contributed by atoms with Crippen molar-refractivity contribution in [3.63, 3.8) is 0 Å². The molecule has 44 heavy (non-hydrogen) atoms. The Kier molecular flexibility index (Phi) is 9.51. The molecule has 6 aromatic carbocycles. The lowest BCUT2D eigenvalue weighted by molar-refractivity contribution is 0.266. The minimum Gasteiger partial charge on any atom is -0.494 e. The van der Waals surface area contributed by atoms with Crippen LogP contribution in [0.4, 0.5) is 34.1 Å². The van der Waals surface area contributed by atoms with E-state index >= 15 is 0 Å². The van der Waals surface area contributed by atoms with Crippen molar-refractivity contribution in [3.05, 3.63) is 170 Å². The molecule has 0 unspecified atom stereocenters. The van der Waals surface area contributed by atoms with E-state index < -0.39 is 0 Å². The molecule has 0 radical (unpaired) electrons. The van der Waals surface area contributed by atoms with Gasteiger partial charge >= 0.3 is 0 Å². The van der Waals surface area contributed by atoms with Crippen molar-refractivity contribution in [1.29, 1.82) is 0 Å². The normalized spacial score (nSPS) is 10.6. The maximum atomic E-state index is 6.05. The van der Waals surface area contributed by atoms with Gasteiger partial charge in [0.2, 0.25) is 0 Å². The van der Waals surface area contributed by atoms with Crippen molar-refractivity contribution >= 4 is 34.1 Å². The SMILES string of the molecule is c1ccc(N(c2ccccc2)c2ccc(OCCCCOc3ccc(N(c4ccccc4)c4ccccc4)cc3)cc2)cc1. The first-order valence-corrected chi connectivity index (χ1v) is 15.1. The highest BCUT2D eigenvalue weighted by Crippen LogP contribution is 2.36. The zero-order chi connectivity index (χ0) is 29.8. The fourth-order valence-corrected chi connectivity index (χ4v) is 5.17. The molecule has 0 N–H and O–H groups in total. The van der Waals surface area contributed by atoms with Gasteiger partial charge < -0.3 is 19.3 Å². The third kappa shape index (κ3) is 7.29. The van der Waals surface area contributed by atoms with E-state index in [-0.39, 0.29) is 0 Å². The maximum absolute atomic E-state index is 6.05. The Labute approximate surface area is 260 Å². The number of rotatable bonds is 13. The molecular weight excluding hydrogens is 540 g/mol. The van der Waals surface area contributed by atoms with Gasteiger partial charge in [-0.2, -0.15) is 0 Å². The molecule has 6 rings (SSSR count). The molecule has 0 aliphatic heterocycles. The number of nitrogens with zero attached hydrogens (tertiary/aromatic N) is 2. The summed E-state index contributed by atoms with van der Waals surface area (Å²) in [6, 6.07) is 58.2. The molecule has 6 aromatic rings. The van der Waals surface area contributed by atoms with Gasteiger partial charge in [-0.3, -0.25) is 0 Å². The van der Waals surface area contributed by atoms with E-state index in [0.717, 1.165) is 58.5 Å². The van der Waals surface area contributed by atoms with Gasteiger partial charge in [-0.1, -0.05) is 72.8 Å². The summed E-state index contributed by atoms with van der Waals surface area (Å²) < 4.78 is 12.1. The zero-order valence-electron chi connectivity index (χ0n) is 24.7. The highest BCUT2D eigenvalue weighted by atomic mass is 16.5. The molecule has 0 aliphatic rings. The third-order valence-corrected chi connectivity index (χ3v) is 7.32. The van der Waals surface area contributed by atoms with E-state index in [4.69, 9.17) is 9.47 Å². The summed E-state index contributed by atoms with van der Waals surface area (Å²) in [5.41, 5.74) is 6.64. The van der Waals surface area contributed by atoms with Crippen LogP contribution in [0.2, 0.25) is 0 Å². The van der Waals surface area contributed by atoms with Crippen LogP contribution in [0, 0.1) is 0 Å². The van der Waals surface area contributed by atoms with E-state index in [1.165, 1.54) is 0 Å². The number of anilines is 6. The van der Waals surface area contributed by atoms with Crippen molar-refractivity contribution in [1.82, 2.24) is 0 Å². The Morgan fingerprint density at radius 1 is 0.295 bits per heavy atom. The summed E-state index contributed by atoms with van der Waals surface area (Å²) >= 11 is 0. The lowest BCUT2D eigenvalue weighted by Crippen LogP contribution is -2.09. The number of para-hydroxylation sites is 4. The lowest BCUT2D eigenvalue weighted by atomic mass is 10.2. The van der Waals surface area contributed by atoms with Crippen LogP contribution in [-0.2, 0) is 0 Å². The van der Waals surface area contributed by atoms with Gasteiger partial charge in [-0.15, -0.1) is 0 Å². The van der Waals surface area contributed by atoms with E-state index in [0.29, 0.717) is 13.2 Å². The molecular formula is C40H36N2O2. The van der Waals surface area contributed by atoms with Gasteiger partial charge in [-0.05, 0) is 110 Å². The molecule has 0 amide bonds. The topological polar surface area (TPSA) is 24.9 Å². The molecule has 0 bridgehead atoms. The van der Waals surface area contributed by atoms with Crippen molar-refractivity contribution in [2.45, 2.75) is 12.8 Å². The van der Waals surface area contributed by atoms with Gasteiger partial charge in [0.05, 0.1) is 13.2 Å². The van der Waals surface area contributed by atoms with Crippen LogP contribution in [0.5, 0.6) is 11.5 Å².